The molecule has 0 radical (unpaired) electrons. The van der Waals surface area contributed by atoms with Crippen LogP contribution in [0.1, 0.15) is 26.7 Å². The maximum absolute atomic E-state index is 12.3. The van der Waals surface area contributed by atoms with Gasteiger partial charge in [-0.3, -0.25) is 15.0 Å². The largest absolute Gasteiger partial charge is 0.477 e. The second-order valence-corrected chi connectivity index (χ2v) is 8.43. The Morgan fingerprint density at radius 1 is 1.48 bits per heavy atom. The Kier molecular flexibility index (Phi) is 5.22. The fourth-order valence-electron chi connectivity index (χ4n) is 3.87. The van der Waals surface area contributed by atoms with Gasteiger partial charge in [0.1, 0.15) is 17.6 Å². The summed E-state index contributed by atoms with van der Waals surface area (Å²) in [7, 11) is 1.70. The number of likely N-dealkylation sites (N-methyl/N-ethyl adjacent to an activating group) is 1. The molecule has 0 aromatic rings. The number of hydrogen-bond donors (Lipinski definition) is 4. The van der Waals surface area contributed by atoms with Gasteiger partial charge in [0.05, 0.1) is 23.3 Å². The minimum Gasteiger partial charge on any atom is -0.477 e. The second kappa shape index (κ2) is 7.16. The number of nitrogens with zero attached hydrogens (tertiary/aromatic N) is 2. The van der Waals surface area contributed by atoms with Gasteiger partial charge in [0.2, 0.25) is 11.8 Å². The predicted molar refractivity (Wildman–Crippen MR) is 99.0 cm³/mol. The fourth-order valence-corrected chi connectivity index (χ4v) is 5.25. The number of hydrogen-bond acceptors (Lipinski definition) is 6. The maximum atomic E-state index is 12.3. The number of aliphatic hydroxyl groups excluding tert-OH is 1. The Bertz CT molecular complexity index is 737. The van der Waals surface area contributed by atoms with Crippen molar-refractivity contribution in [2.24, 2.45) is 5.92 Å². The summed E-state index contributed by atoms with van der Waals surface area (Å²) in [5.74, 6) is -2.07. The highest BCUT2D eigenvalue weighted by Crippen LogP contribution is 2.48. The number of fused-ring (bicyclic) bond motifs is 1. The highest BCUT2D eigenvalue weighted by atomic mass is 32.2. The summed E-state index contributed by atoms with van der Waals surface area (Å²) in [5, 5.41) is 30.0. The lowest BCUT2D eigenvalue weighted by Gasteiger charge is -2.44. The lowest BCUT2D eigenvalue weighted by Crippen LogP contribution is -2.61. The average molecular weight is 396 g/mol. The van der Waals surface area contributed by atoms with Crippen molar-refractivity contribution in [3.63, 3.8) is 0 Å². The van der Waals surface area contributed by atoms with Crippen LogP contribution >= 0.6 is 11.8 Å². The van der Waals surface area contributed by atoms with E-state index < -0.39 is 24.0 Å². The van der Waals surface area contributed by atoms with Crippen LogP contribution in [0, 0.1) is 11.3 Å². The molecule has 0 saturated carbocycles. The Labute approximate surface area is 161 Å². The van der Waals surface area contributed by atoms with Gasteiger partial charge in [0, 0.05) is 24.9 Å². The number of amides is 2. The van der Waals surface area contributed by atoms with Crippen LogP contribution in [-0.4, -0.2) is 80.7 Å². The molecule has 3 heterocycles. The molecule has 148 valence electrons. The van der Waals surface area contributed by atoms with E-state index in [4.69, 9.17) is 5.41 Å². The molecule has 0 aliphatic carbocycles. The van der Waals surface area contributed by atoms with Crippen LogP contribution in [-0.2, 0) is 14.4 Å². The molecule has 3 rings (SSSR count). The molecule has 2 saturated heterocycles. The van der Waals surface area contributed by atoms with Crippen molar-refractivity contribution >= 4 is 35.4 Å². The summed E-state index contributed by atoms with van der Waals surface area (Å²) in [5.41, 5.74) is -0.0554. The van der Waals surface area contributed by atoms with Gasteiger partial charge in [-0.1, -0.05) is 0 Å². The number of carboxylic acids is 1. The monoisotopic (exact) mass is 396 g/mol. The Hall–Kier alpha value is -2.07. The lowest BCUT2D eigenvalue weighted by atomic mass is 9.83. The van der Waals surface area contributed by atoms with Gasteiger partial charge in [0.15, 0.2) is 0 Å². The summed E-state index contributed by atoms with van der Waals surface area (Å²) >= 11 is 1.23. The van der Waals surface area contributed by atoms with E-state index in [-0.39, 0.29) is 34.6 Å². The Morgan fingerprint density at radius 3 is 2.70 bits per heavy atom. The van der Waals surface area contributed by atoms with E-state index in [1.807, 2.05) is 6.92 Å². The van der Waals surface area contributed by atoms with Crippen molar-refractivity contribution in [3.05, 3.63) is 10.6 Å². The summed E-state index contributed by atoms with van der Waals surface area (Å²) in [6, 6.07) is -0.850. The van der Waals surface area contributed by atoms with Crippen molar-refractivity contribution in [2.45, 2.75) is 50.1 Å². The van der Waals surface area contributed by atoms with Crippen molar-refractivity contribution in [3.8, 4) is 0 Å². The molecular formula is C17H24N4O5S. The normalized spacial score (nSPS) is 30.7. The number of aliphatic carboxylic acids is 1. The molecule has 10 heteroatoms. The first-order valence-corrected chi connectivity index (χ1v) is 9.79. The number of aliphatic hydroxyl groups is 1. The summed E-state index contributed by atoms with van der Waals surface area (Å²) < 4.78 is 0. The third kappa shape index (κ3) is 3.20. The zero-order chi connectivity index (χ0) is 20.0. The summed E-state index contributed by atoms with van der Waals surface area (Å²) in [6.45, 7) is 3.96. The van der Waals surface area contributed by atoms with Gasteiger partial charge in [-0.15, -0.1) is 11.8 Å². The van der Waals surface area contributed by atoms with E-state index in [1.165, 1.54) is 23.6 Å². The SMILES string of the molecule is CCN(C)C(=O)[C@@H]1CC(SC2=C(C(=O)O)N3C(=O)[C@H]([C@@H](C)O)[C@H]3C2)C(=N)N1. The van der Waals surface area contributed by atoms with Crippen LogP contribution in [0.2, 0.25) is 0 Å². The molecule has 1 unspecified atom stereocenters. The van der Waals surface area contributed by atoms with Crippen LogP contribution in [0.3, 0.4) is 0 Å². The number of carbonyl (C=O) groups is 3. The van der Waals surface area contributed by atoms with Gasteiger partial charge in [-0.2, -0.15) is 0 Å². The quantitative estimate of drug-likeness (QED) is 0.457. The van der Waals surface area contributed by atoms with Gasteiger partial charge >= 0.3 is 5.97 Å². The number of thioether (sulfide) groups is 1. The van der Waals surface area contributed by atoms with Crippen molar-refractivity contribution in [1.29, 1.82) is 5.41 Å². The van der Waals surface area contributed by atoms with E-state index in [0.717, 1.165) is 0 Å². The number of rotatable bonds is 6. The van der Waals surface area contributed by atoms with E-state index in [2.05, 4.69) is 5.32 Å². The van der Waals surface area contributed by atoms with Gasteiger partial charge in [0.25, 0.3) is 0 Å². The molecular weight excluding hydrogens is 372 g/mol. The first kappa shape index (κ1) is 19.7. The van der Waals surface area contributed by atoms with Crippen molar-refractivity contribution in [1.82, 2.24) is 15.1 Å². The van der Waals surface area contributed by atoms with Crippen LogP contribution in [0.15, 0.2) is 10.6 Å². The smallest absolute Gasteiger partial charge is 0.353 e. The molecule has 2 amide bonds. The van der Waals surface area contributed by atoms with Crippen LogP contribution in [0.4, 0.5) is 0 Å². The predicted octanol–water partition coefficient (Wildman–Crippen LogP) is -0.187. The molecule has 3 aliphatic heterocycles. The Balaban J connectivity index is 1.75. The highest BCUT2D eigenvalue weighted by molar-refractivity contribution is 8.04. The Morgan fingerprint density at radius 2 is 2.15 bits per heavy atom. The molecule has 0 spiro atoms. The molecule has 2 fully saturated rings. The van der Waals surface area contributed by atoms with E-state index in [0.29, 0.717) is 24.3 Å². The first-order valence-electron chi connectivity index (χ1n) is 8.91. The standard InChI is InChI=1S/C17H24N4O5S/c1-4-20(3)15(23)8-5-11(14(18)19-8)27-10-6-9-12(7(2)22)16(24)21(9)13(10)17(25)26/h7-9,11-12,22H,4-6H2,1-3H3,(H2,18,19)(H,25,26)/t7-,8+,9-,11?,12-/m1/s1. The summed E-state index contributed by atoms with van der Waals surface area (Å²) in [4.78, 5) is 39.6. The maximum Gasteiger partial charge on any atom is 0.353 e. The number of nitrogens with one attached hydrogen (secondary N) is 2. The molecule has 0 bridgehead atoms. The summed E-state index contributed by atoms with van der Waals surface area (Å²) in [6.07, 6.45) is -0.0944. The van der Waals surface area contributed by atoms with Crippen LogP contribution in [0.5, 0.6) is 0 Å². The number of carboxylic acid groups (broad SMARTS) is 1. The fraction of sp³-hybridized carbons (Fsp3) is 0.647. The van der Waals surface area contributed by atoms with Crippen molar-refractivity contribution < 1.29 is 24.6 Å². The first-order chi connectivity index (χ1) is 12.7. The number of β-lactam (4-membered cyclic amide) rings is 1. The minimum atomic E-state index is -1.19. The number of amidine groups is 1. The minimum absolute atomic E-state index is 0.0554. The average Bonchev–Trinajstić information content (AvgIpc) is 3.12. The van der Waals surface area contributed by atoms with Gasteiger partial charge < -0.3 is 25.3 Å². The third-order valence-electron chi connectivity index (χ3n) is 5.43. The topological polar surface area (TPSA) is 134 Å². The molecule has 9 nitrogen and oxygen atoms in total. The van der Waals surface area contributed by atoms with Gasteiger partial charge in [-0.05, 0) is 20.3 Å². The molecule has 5 atom stereocenters. The molecule has 27 heavy (non-hydrogen) atoms. The molecule has 4 N–H and O–H groups in total. The van der Waals surface area contributed by atoms with E-state index in [1.54, 1.807) is 11.9 Å². The molecule has 0 aromatic carbocycles. The van der Waals surface area contributed by atoms with Crippen molar-refractivity contribution in [2.75, 3.05) is 13.6 Å². The molecule has 3 aliphatic rings. The van der Waals surface area contributed by atoms with Crippen LogP contribution < -0.4 is 5.32 Å². The number of carbonyl (C=O) groups excluding carboxylic acids is 2. The molecule has 0 aromatic heterocycles. The van der Waals surface area contributed by atoms with Crippen LogP contribution in [0.25, 0.3) is 0 Å². The zero-order valence-electron chi connectivity index (χ0n) is 15.4. The van der Waals surface area contributed by atoms with E-state index in [9.17, 15) is 24.6 Å². The third-order valence-corrected chi connectivity index (χ3v) is 6.78. The second-order valence-electron chi connectivity index (χ2n) is 7.13. The van der Waals surface area contributed by atoms with Gasteiger partial charge in [-0.25, -0.2) is 4.79 Å². The lowest BCUT2D eigenvalue weighted by molar-refractivity contribution is -0.161. The zero-order valence-corrected chi connectivity index (χ0v) is 16.2. The van der Waals surface area contributed by atoms with E-state index >= 15 is 0 Å². The highest BCUT2D eigenvalue weighted by Gasteiger charge is 2.57.